The number of fused-ring (bicyclic) bond motifs is 2. The minimum absolute atomic E-state index is 0.0155. The SMILES string of the molecule is CCN1Cc2c(ccnc2NC(C)c2ccc(Oc3ccnc4ccccc34)c(F)c2)C1=O. The van der Waals surface area contributed by atoms with Crippen molar-refractivity contribution in [2.24, 2.45) is 0 Å². The van der Waals surface area contributed by atoms with Gasteiger partial charge in [0.2, 0.25) is 0 Å². The van der Waals surface area contributed by atoms with Crippen LogP contribution in [0.4, 0.5) is 10.2 Å². The lowest BCUT2D eigenvalue weighted by Crippen LogP contribution is -2.22. The lowest BCUT2D eigenvalue weighted by atomic mass is 10.1. The molecule has 7 heteroatoms. The van der Waals surface area contributed by atoms with Crippen molar-refractivity contribution in [1.82, 2.24) is 14.9 Å². The molecule has 5 rings (SSSR count). The maximum absolute atomic E-state index is 15.0. The van der Waals surface area contributed by atoms with Crippen molar-refractivity contribution in [2.45, 2.75) is 26.4 Å². The minimum atomic E-state index is -0.458. The van der Waals surface area contributed by atoms with Crippen molar-refractivity contribution in [2.75, 3.05) is 11.9 Å². The quantitative estimate of drug-likeness (QED) is 0.414. The summed E-state index contributed by atoms with van der Waals surface area (Å²) in [5.41, 5.74) is 3.07. The van der Waals surface area contributed by atoms with Crippen LogP contribution in [0.25, 0.3) is 10.9 Å². The molecule has 2 aromatic carbocycles. The lowest BCUT2D eigenvalue weighted by Gasteiger charge is -2.18. The van der Waals surface area contributed by atoms with Gasteiger partial charge in [-0.15, -0.1) is 0 Å². The number of pyridine rings is 2. The highest BCUT2D eigenvalue weighted by atomic mass is 19.1. The van der Waals surface area contributed by atoms with E-state index >= 15 is 0 Å². The second-order valence-corrected chi connectivity index (χ2v) is 7.99. The number of ether oxygens (including phenoxy) is 1. The number of carbonyl (C=O) groups is 1. The molecule has 1 amide bonds. The largest absolute Gasteiger partial charge is 0.454 e. The van der Waals surface area contributed by atoms with Gasteiger partial charge < -0.3 is 15.0 Å². The van der Waals surface area contributed by atoms with E-state index in [2.05, 4.69) is 15.3 Å². The molecule has 0 spiro atoms. The molecule has 166 valence electrons. The monoisotopic (exact) mass is 442 g/mol. The van der Waals surface area contributed by atoms with Crippen LogP contribution in [0, 0.1) is 5.82 Å². The fraction of sp³-hybridized carbons (Fsp3) is 0.192. The van der Waals surface area contributed by atoms with Gasteiger partial charge >= 0.3 is 0 Å². The maximum atomic E-state index is 15.0. The number of rotatable bonds is 6. The van der Waals surface area contributed by atoms with Crippen LogP contribution in [0.15, 0.2) is 67.0 Å². The number of hydrogen-bond donors (Lipinski definition) is 1. The average molecular weight is 442 g/mol. The lowest BCUT2D eigenvalue weighted by molar-refractivity contribution is 0.0787. The Morgan fingerprint density at radius 2 is 1.91 bits per heavy atom. The van der Waals surface area contributed by atoms with Gasteiger partial charge in [-0.2, -0.15) is 0 Å². The van der Waals surface area contributed by atoms with Crippen molar-refractivity contribution >= 4 is 22.6 Å². The summed E-state index contributed by atoms with van der Waals surface area (Å²) in [5, 5.41) is 4.16. The number of carbonyl (C=O) groups excluding carboxylic acids is 1. The fourth-order valence-electron chi connectivity index (χ4n) is 4.10. The summed E-state index contributed by atoms with van der Waals surface area (Å²) in [6, 6.07) is 15.7. The smallest absolute Gasteiger partial charge is 0.254 e. The summed E-state index contributed by atoms with van der Waals surface area (Å²) < 4.78 is 20.8. The van der Waals surface area contributed by atoms with E-state index < -0.39 is 5.82 Å². The topological polar surface area (TPSA) is 67.3 Å². The maximum Gasteiger partial charge on any atom is 0.254 e. The summed E-state index contributed by atoms with van der Waals surface area (Å²) >= 11 is 0. The molecule has 1 unspecified atom stereocenters. The second-order valence-electron chi connectivity index (χ2n) is 7.99. The number of nitrogens with one attached hydrogen (secondary N) is 1. The van der Waals surface area contributed by atoms with Gasteiger partial charge in [-0.05, 0) is 55.8 Å². The van der Waals surface area contributed by atoms with Gasteiger partial charge in [0.05, 0.1) is 18.1 Å². The number of nitrogens with zero attached hydrogens (tertiary/aromatic N) is 3. The van der Waals surface area contributed by atoms with E-state index in [0.717, 1.165) is 22.0 Å². The van der Waals surface area contributed by atoms with Crippen LogP contribution < -0.4 is 10.1 Å². The Morgan fingerprint density at radius 3 is 2.73 bits per heavy atom. The van der Waals surface area contributed by atoms with Gasteiger partial charge in [0.1, 0.15) is 11.6 Å². The summed E-state index contributed by atoms with van der Waals surface area (Å²) in [6.45, 7) is 5.05. The Bertz CT molecular complexity index is 1350. The Balaban J connectivity index is 1.37. The van der Waals surface area contributed by atoms with Crippen LogP contribution in [0.5, 0.6) is 11.5 Å². The molecule has 1 aliphatic rings. The fourth-order valence-corrected chi connectivity index (χ4v) is 4.10. The molecule has 3 heterocycles. The molecule has 1 N–H and O–H groups in total. The Hall–Kier alpha value is -4.00. The van der Waals surface area contributed by atoms with Crippen molar-refractivity contribution in [3.8, 4) is 11.5 Å². The van der Waals surface area contributed by atoms with Crippen LogP contribution in [-0.2, 0) is 6.54 Å². The van der Waals surface area contributed by atoms with Crippen molar-refractivity contribution < 1.29 is 13.9 Å². The van der Waals surface area contributed by atoms with Crippen molar-refractivity contribution in [1.29, 1.82) is 0 Å². The van der Waals surface area contributed by atoms with Crippen LogP contribution in [0.1, 0.15) is 41.4 Å². The van der Waals surface area contributed by atoms with E-state index in [1.807, 2.05) is 44.2 Å². The van der Waals surface area contributed by atoms with Gasteiger partial charge in [0.25, 0.3) is 5.91 Å². The average Bonchev–Trinajstić information content (AvgIpc) is 3.17. The molecule has 1 aliphatic heterocycles. The first kappa shape index (κ1) is 20.9. The molecular formula is C26H23FN4O2. The molecule has 2 aromatic heterocycles. The Labute approximate surface area is 191 Å². The Morgan fingerprint density at radius 1 is 1.09 bits per heavy atom. The normalized spacial score (nSPS) is 13.8. The zero-order valence-corrected chi connectivity index (χ0v) is 18.4. The molecule has 0 saturated carbocycles. The van der Waals surface area contributed by atoms with Crippen LogP contribution in [0.3, 0.4) is 0 Å². The number of halogens is 1. The number of anilines is 1. The van der Waals surface area contributed by atoms with Crippen molar-refractivity contribution in [3.05, 3.63) is 89.5 Å². The van der Waals surface area contributed by atoms with E-state index in [1.54, 1.807) is 35.5 Å². The molecule has 33 heavy (non-hydrogen) atoms. The van der Waals surface area contributed by atoms with Crippen LogP contribution in [-0.4, -0.2) is 27.3 Å². The van der Waals surface area contributed by atoms with E-state index in [1.165, 1.54) is 6.07 Å². The minimum Gasteiger partial charge on any atom is -0.454 e. The second kappa shape index (κ2) is 8.50. The number of hydrogen-bond acceptors (Lipinski definition) is 5. The summed E-state index contributed by atoms with van der Waals surface area (Å²) in [6.07, 6.45) is 3.27. The Kier molecular flexibility index (Phi) is 5.38. The number of aromatic nitrogens is 2. The van der Waals surface area contributed by atoms with Gasteiger partial charge in [0, 0.05) is 35.5 Å². The molecule has 0 radical (unpaired) electrons. The third kappa shape index (κ3) is 3.86. The highest BCUT2D eigenvalue weighted by molar-refractivity contribution is 5.99. The first-order chi connectivity index (χ1) is 16.0. The number of para-hydroxylation sites is 1. The number of benzene rings is 2. The predicted molar refractivity (Wildman–Crippen MR) is 125 cm³/mol. The van der Waals surface area contributed by atoms with Crippen LogP contribution in [0.2, 0.25) is 0 Å². The molecule has 6 nitrogen and oxygen atoms in total. The molecular weight excluding hydrogens is 419 g/mol. The molecule has 1 atom stereocenters. The summed E-state index contributed by atoms with van der Waals surface area (Å²) in [4.78, 5) is 23.0. The zero-order valence-electron chi connectivity index (χ0n) is 18.4. The molecule has 0 saturated heterocycles. The standard InChI is InChI=1S/C26H23FN4O2/c1-3-31-15-20-18(26(31)32)10-12-29-25(20)30-16(2)17-8-9-24(21(27)14-17)33-23-11-13-28-22-7-5-4-6-19(22)23/h4-14,16H,3,15H2,1-2H3,(H,29,30). The third-order valence-corrected chi connectivity index (χ3v) is 5.94. The zero-order chi connectivity index (χ0) is 22.9. The molecule has 4 aromatic rings. The molecule has 0 bridgehead atoms. The van der Waals surface area contributed by atoms with Crippen LogP contribution >= 0.6 is 0 Å². The summed E-state index contributed by atoms with van der Waals surface area (Å²) in [7, 11) is 0. The highest BCUT2D eigenvalue weighted by Gasteiger charge is 2.29. The first-order valence-electron chi connectivity index (χ1n) is 10.9. The van der Waals surface area contributed by atoms with E-state index in [4.69, 9.17) is 4.74 Å². The third-order valence-electron chi connectivity index (χ3n) is 5.94. The first-order valence-corrected chi connectivity index (χ1v) is 10.9. The van der Waals surface area contributed by atoms with E-state index in [0.29, 0.717) is 30.2 Å². The molecule has 0 aliphatic carbocycles. The number of amides is 1. The highest BCUT2D eigenvalue weighted by Crippen LogP contribution is 2.33. The van der Waals surface area contributed by atoms with Gasteiger partial charge in [0.15, 0.2) is 11.6 Å². The summed E-state index contributed by atoms with van der Waals surface area (Å²) in [5.74, 6) is 0.897. The molecule has 0 fully saturated rings. The van der Waals surface area contributed by atoms with Gasteiger partial charge in [-0.3, -0.25) is 9.78 Å². The van der Waals surface area contributed by atoms with Gasteiger partial charge in [-0.25, -0.2) is 9.37 Å². The van der Waals surface area contributed by atoms with E-state index in [-0.39, 0.29) is 17.7 Å². The van der Waals surface area contributed by atoms with Crippen molar-refractivity contribution in [3.63, 3.8) is 0 Å². The predicted octanol–water partition coefficient (Wildman–Crippen LogP) is 5.71. The van der Waals surface area contributed by atoms with E-state index in [9.17, 15) is 9.18 Å². The van der Waals surface area contributed by atoms with Gasteiger partial charge in [-0.1, -0.05) is 18.2 Å².